The lowest BCUT2D eigenvalue weighted by Gasteiger charge is -2.14. The van der Waals surface area contributed by atoms with Crippen LogP contribution in [0.5, 0.6) is 5.88 Å². The first-order valence-electron chi connectivity index (χ1n) is 11.0. The van der Waals surface area contributed by atoms with E-state index in [4.69, 9.17) is 27.9 Å². The fourth-order valence-corrected chi connectivity index (χ4v) is 4.47. The molecule has 4 rings (SSSR count). The molecule has 0 spiro atoms. The summed E-state index contributed by atoms with van der Waals surface area (Å²) in [5, 5.41) is 19.3. The fraction of sp³-hybridized carbons (Fsp3) is 0.200. The Balaban J connectivity index is 1.40. The van der Waals surface area contributed by atoms with Gasteiger partial charge < -0.3 is 15.2 Å². The summed E-state index contributed by atoms with van der Waals surface area (Å²) in [4.78, 5) is 28.9. The summed E-state index contributed by atoms with van der Waals surface area (Å²) in [6, 6.07) is 13.3. The van der Waals surface area contributed by atoms with E-state index >= 15 is 0 Å². The van der Waals surface area contributed by atoms with Crippen LogP contribution in [0.2, 0.25) is 10.0 Å². The predicted molar refractivity (Wildman–Crippen MR) is 139 cm³/mol. The van der Waals surface area contributed by atoms with Gasteiger partial charge in [-0.15, -0.1) is 11.3 Å². The second kappa shape index (κ2) is 12.0. The highest BCUT2D eigenvalue weighted by molar-refractivity contribution is 7.09. The Bertz CT molecular complexity index is 1330. The predicted octanol–water partition coefficient (Wildman–Crippen LogP) is 5.27. The Kier molecular flexibility index (Phi) is 8.58. The number of carbonyl (C=O) groups excluding carboxylic acids is 1. The van der Waals surface area contributed by atoms with E-state index in [1.54, 1.807) is 41.3 Å². The third-order valence-electron chi connectivity index (χ3n) is 5.20. The molecule has 0 aliphatic heterocycles. The van der Waals surface area contributed by atoms with Gasteiger partial charge in [-0.2, -0.15) is 5.10 Å². The lowest BCUT2D eigenvalue weighted by Crippen LogP contribution is -2.42. The summed E-state index contributed by atoms with van der Waals surface area (Å²) in [5.41, 5.74) is 2.12. The third kappa shape index (κ3) is 6.63. The van der Waals surface area contributed by atoms with E-state index in [1.807, 2.05) is 29.6 Å². The van der Waals surface area contributed by atoms with Gasteiger partial charge in [0.25, 0.3) is 0 Å². The number of ether oxygens (including phenoxy) is 1. The summed E-state index contributed by atoms with van der Waals surface area (Å²) >= 11 is 13.7. The monoisotopic (exact) mass is 544 g/mol. The molecule has 0 unspecified atom stereocenters. The van der Waals surface area contributed by atoms with E-state index in [-0.39, 0.29) is 25.4 Å². The molecule has 0 bridgehead atoms. The van der Waals surface area contributed by atoms with Gasteiger partial charge in [-0.25, -0.2) is 9.48 Å². The molecule has 3 aromatic heterocycles. The fourth-order valence-electron chi connectivity index (χ4n) is 3.43. The van der Waals surface area contributed by atoms with Crippen molar-refractivity contribution in [3.8, 4) is 22.8 Å². The average molecular weight is 545 g/mol. The highest BCUT2D eigenvalue weighted by Crippen LogP contribution is 2.29. The van der Waals surface area contributed by atoms with E-state index in [1.165, 1.54) is 11.3 Å². The molecule has 8 nitrogen and oxygen atoms in total. The molecule has 1 atom stereocenters. The van der Waals surface area contributed by atoms with Gasteiger partial charge in [-0.3, -0.25) is 9.78 Å². The first kappa shape index (κ1) is 25.7. The van der Waals surface area contributed by atoms with Crippen LogP contribution >= 0.6 is 34.5 Å². The molecule has 36 heavy (non-hydrogen) atoms. The van der Waals surface area contributed by atoms with Gasteiger partial charge in [-0.05, 0) is 48.2 Å². The van der Waals surface area contributed by atoms with E-state index in [9.17, 15) is 14.7 Å². The number of nitrogens with zero attached hydrogens (tertiary/aromatic N) is 3. The number of amides is 1. The van der Waals surface area contributed by atoms with Crippen LogP contribution in [0.25, 0.3) is 16.9 Å². The number of aromatic nitrogens is 3. The van der Waals surface area contributed by atoms with E-state index in [0.29, 0.717) is 33.7 Å². The summed E-state index contributed by atoms with van der Waals surface area (Å²) < 4.78 is 7.56. The Hall–Kier alpha value is -3.40. The van der Waals surface area contributed by atoms with Crippen molar-refractivity contribution in [2.75, 3.05) is 6.61 Å². The maximum absolute atomic E-state index is 12.4. The number of carboxylic acid groups (broad SMARTS) is 1. The van der Waals surface area contributed by atoms with Crippen molar-refractivity contribution in [3.63, 3.8) is 0 Å². The number of rotatable bonds is 11. The number of thiophene rings is 1. The van der Waals surface area contributed by atoms with Crippen molar-refractivity contribution < 1.29 is 19.4 Å². The van der Waals surface area contributed by atoms with Crippen LogP contribution in [0.15, 0.2) is 66.3 Å². The van der Waals surface area contributed by atoms with Crippen molar-refractivity contribution >= 4 is 46.4 Å². The first-order chi connectivity index (χ1) is 17.4. The molecule has 4 aromatic rings. The molecule has 1 aromatic carbocycles. The number of carbonyl (C=O) groups is 2. The maximum Gasteiger partial charge on any atom is 0.326 e. The largest absolute Gasteiger partial charge is 0.480 e. The molecule has 0 saturated carbocycles. The van der Waals surface area contributed by atoms with E-state index in [0.717, 1.165) is 10.4 Å². The quantitative estimate of drug-likeness (QED) is 0.249. The Morgan fingerprint density at radius 3 is 2.69 bits per heavy atom. The van der Waals surface area contributed by atoms with Gasteiger partial charge in [0.05, 0.1) is 28.0 Å². The van der Waals surface area contributed by atoms with Crippen molar-refractivity contribution in [2.24, 2.45) is 0 Å². The summed E-state index contributed by atoms with van der Waals surface area (Å²) in [7, 11) is 0. The number of pyridine rings is 1. The minimum atomic E-state index is -1.07. The number of aliphatic carboxylic acids is 1. The Morgan fingerprint density at radius 2 is 2.00 bits per heavy atom. The maximum atomic E-state index is 12.4. The van der Waals surface area contributed by atoms with Crippen molar-refractivity contribution in [1.82, 2.24) is 20.1 Å². The van der Waals surface area contributed by atoms with Crippen LogP contribution in [-0.4, -0.2) is 44.4 Å². The van der Waals surface area contributed by atoms with Gasteiger partial charge in [0, 0.05) is 41.7 Å². The number of hydrogen-bond donors (Lipinski definition) is 2. The Morgan fingerprint density at radius 1 is 1.14 bits per heavy atom. The molecule has 186 valence electrons. The van der Waals surface area contributed by atoms with E-state index in [2.05, 4.69) is 15.4 Å². The van der Waals surface area contributed by atoms with Crippen LogP contribution < -0.4 is 10.1 Å². The van der Waals surface area contributed by atoms with Crippen LogP contribution in [0.1, 0.15) is 17.7 Å². The summed E-state index contributed by atoms with van der Waals surface area (Å²) in [6.45, 7) is 0.218. The second-order valence-electron chi connectivity index (χ2n) is 7.81. The lowest BCUT2D eigenvalue weighted by molar-refractivity contribution is -0.141. The van der Waals surface area contributed by atoms with Crippen molar-refractivity contribution in [1.29, 1.82) is 0 Å². The lowest BCUT2D eigenvalue weighted by atomic mass is 10.1. The topological polar surface area (TPSA) is 106 Å². The van der Waals surface area contributed by atoms with Gasteiger partial charge >= 0.3 is 5.97 Å². The van der Waals surface area contributed by atoms with Crippen molar-refractivity contribution in [2.45, 2.75) is 25.3 Å². The minimum absolute atomic E-state index is 0.116. The average Bonchev–Trinajstić information content (AvgIpc) is 3.54. The van der Waals surface area contributed by atoms with Crippen LogP contribution in [0, 0.1) is 0 Å². The standard InChI is InChI=1S/C25H22Cl2N4O4S/c26-19-8-7-17(12-20(19)27)31-24(14-21(30-31)16-4-1-9-28-15-16)35-10-2-6-23(32)29-22(25(33)34)13-18-5-3-11-36-18/h1,3-5,7-9,11-12,14-15,22H,2,6,10,13H2,(H,29,32)(H,33,34)/t22-/m0/s1. The normalized spacial score (nSPS) is 11.7. The molecule has 3 heterocycles. The zero-order chi connectivity index (χ0) is 25.5. The molecular weight excluding hydrogens is 523 g/mol. The minimum Gasteiger partial charge on any atom is -0.480 e. The molecule has 2 N–H and O–H groups in total. The zero-order valence-corrected chi connectivity index (χ0v) is 21.3. The van der Waals surface area contributed by atoms with Crippen LogP contribution in [0.3, 0.4) is 0 Å². The van der Waals surface area contributed by atoms with Gasteiger partial charge in [0.2, 0.25) is 11.8 Å². The highest BCUT2D eigenvalue weighted by Gasteiger charge is 2.21. The Labute approximate surface area is 221 Å². The SMILES string of the molecule is O=C(CCCOc1cc(-c2cccnc2)nn1-c1ccc(Cl)c(Cl)c1)N[C@@H](Cc1cccs1)C(=O)O. The van der Waals surface area contributed by atoms with Gasteiger partial charge in [0.15, 0.2) is 0 Å². The number of carboxylic acids is 1. The van der Waals surface area contributed by atoms with Crippen LogP contribution in [-0.2, 0) is 16.0 Å². The zero-order valence-electron chi connectivity index (χ0n) is 18.9. The molecule has 0 fully saturated rings. The number of nitrogens with one attached hydrogen (secondary N) is 1. The molecule has 11 heteroatoms. The molecule has 0 aliphatic rings. The summed E-state index contributed by atoms with van der Waals surface area (Å²) in [5.74, 6) is -0.966. The van der Waals surface area contributed by atoms with Gasteiger partial charge in [-0.1, -0.05) is 29.3 Å². The van der Waals surface area contributed by atoms with E-state index < -0.39 is 12.0 Å². The molecule has 0 saturated heterocycles. The number of benzene rings is 1. The highest BCUT2D eigenvalue weighted by atomic mass is 35.5. The first-order valence-corrected chi connectivity index (χ1v) is 12.7. The van der Waals surface area contributed by atoms with Crippen molar-refractivity contribution in [3.05, 3.63) is 81.2 Å². The molecule has 0 radical (unpaired) electrons. The second-order valence-corrected chi connectivity index (χ2v) is 9.66. The van der Waals surface area contributed by atoms with Gasteiger partial charge in [0.1, 0.15) is 6.04 Å². The third-order valence-corrected chi connectivity index (χ3v) is 6.84. The smallest absolute Gasteiger partial charge is 0.326 e. The summed E-state index contributed by atoms with van der Waals surface area (Å²) in [6.07, 6.45) is 4.12. The number of halogens is 2. The molecule has 1 amide bonds. The molecular formula is C25H22Cl2N4O4S. The van der Waals surface area contributed by atoms with Crippen LogP contribution in [0.4, 0.5) is 0 Å². The number of hydrogen-bond acceptors (Lipinski definition) is 6. The molecule has 0 aliphatic carbocycles.